The predicted octanol–water partition coefficient (Wildman–Crippen LogP) is 4.37. The number of carbonyl (C=O) groups is 2. The number of rotatable bonds is 7. The fourth-order valence-corrected chi connectivity index (χ4v) is 3.60. The van der Waals surface area contributed by atoms with Crippen molar-refractivity contribution in [2.75, 3.05) is 24.9 Å². The smallest absolute Gasteiger partial charge is 0.356 e. The van der Waals surface area contributed by atoms with Crippen LogP contribution in [0.4, 0.5) is 15.8 Å². The largest absolute Gasteiger partial charge is 0.497 e. The number of hydrogen-bond donors (Lipinski definition) is 2. The summed E-state index contributed by atoms with van der Waals surface area (Å²) in [4.78, 5) is 30.0. The van der Waals surface area contributed by atoms with Crippen LogP contribution in [-0.2, 0) is 18.3 Å². The Balaban J connectivity index is 1.69. The number of pyridine rings is 1. The van der Waals surface area contributed by atoms with Crippen LogP contribution in [-0.4, -0.2) is 35.6 Å². The third-order valence-electron chi connectivity index (χ3n) is 5.41. The maximum atomic E-state index is 13.2. The summed E-state index contributed by atoms with van der Waals surface area (Å²) < 4.78 is 24.8. The summed E-state index contributed by atoms with van der Waals surface area (Å²) in [6.45, 7) is 0.442. The molecular formula is C25H23FN4O4. The number of nitrogens with zero attached hydrogens (tertiary/aromatic N) is 2. The molecule has 2 aromatic carbocycles. The van der Waals surface area contributed by atoms with E-state index in [-0.39, 0.29) is 11.5 Å². The zero-order chi connectivity index (χ0) is 24.2. The Labute approximate surface area is 195 Å². The molecule has 0 unspecified atom stereocenters. The number of amides is 1. The molecule has 0 atom stereocenters. The molecule has 0 saturated heterocycles. The van der Waals surface area contributed by atoms with Gasteiger partial charge in [0.2, 0.25) is 0 Å². The van der Waals surface area contributed by atoms with Gasteiger partial charge in [-0.25, -0.2) is 14.2 Å². The van der Waals surface area contributed by atoms with Crippen molar-refractivity contribution in [3.05, 3.63) is 83.4 Å². The van der Waals surface area contributed by atoms with Crippen molar-refractivity contribution in [3.63, 3.8) is 0 Å². The summed E-state index contributed by atoms with van der Waals surface area (Å²) in [5.74, 6) is -0.682. The van der Waals surface area contributed by atoms with Crippen LogP contribution in [0.5, 0.6) is 5.75 Å². The van der Waals surface area contributed by atoms with E-state index in [1.165, 1.54) is 19.2 Å². The summed E-state index contributed by atoms with van der Waals surface area (Å²) in [7, 11) is 4.50. The molecule has 8 nitrogen and oxygen atoms in total. The molecule has 0 saturated carbocycles. The van der Waals surface area contributed by atoms with Crippen LogP contribution < -0.4 is 15.4 Å². The standard InChI is InChI=1S/C25H23FN4O4/c1-30-22(25(32)34-3)21(29-24(31)16-6-10-19(33-2)11-7-16)20-12-18(14-28-23(20)30)27-13-15-4-8-17(26)9-5-15/h4-12,14,27H,13H2,1-3H3,(H,29,31). The minimum atomic E-state index is -0.605. The van der Waals surface area contributed by atoms with Crippen LogP contribution in [0.25, 0.3) is 11.0 Å². The van der Waals surface area contributed by atoms with E-state index in [0.29, 0.717) is 40.3 Å². The Morgan fingerprint density at radius 1 is 1.06 bits per heavy atom. The van der Waals surface area contributed by atoms with Gasteiger partial charge >= 0.3 is 5.97 Å². The highest BCUT2D eigenvalue weighted by Gasteiger charge is 2.25. The highest BCUT2D eigenvalue weighted by Crippen LogP contribution is 2.32. The Kier molecular flexibility index (Phi) is 6.44. The van der Waals surface area contributed by atoms with Gasteiger partial charge in [0.15, 0.2) is 5.69 Å². The zero-order valence-electron chi connectivity index (χ0n) is 18.9. The number of aryl methyl sites for hydroxylation is 1. The van der Waals surface area contributed by atoms with E-state index in [1.807, 2.05) is 0 Å². The van der Waals surface area contributed by atoms with Gasteiger partial charge in [0.25, 0.3) is 5.91 Å². The summed E-state index contributed by atoms with van der Waals surface area (Å²) in [6.07, 6.45) is 1.63. The fraction of sp³-hybridized carbons (Fsp3) is 0.160. The van der Waals surface area contributed by atoms with Gasteiger partial charge in [-0.05, 0) is 48.0 Å². The molecule has 0 aliphatic carbocycles. The van der Waals surface area contributed by atoms with Crippen LogP contribution in [0.2, 0.25) is 0 Å². The second kappa shape index (κ2) is 9.62. The average Bonchev–Trinajstić information content (AvgIpc) is 3.13. The van der Waals surface area contributed by atoms with Crippen LogP contribution in [0.3, 0.4) is 0 Å². The van der Waals surface area contributed by atoms with E-state index < -0.39 is 11.9 Å². The number of hydrogen-bond acceptors (Lipinski definition) is 6. The molecule has 0 bridgehead atoms. The van der Waals surface area contributed by atoms with Crippen molar-refractivity contribution in [2.24, 2.45) is 7.05 Å². The molecule has 0 spiro atoms. The lowest BCUT2D eigenvalue weighted by atomic mass is 10.2. The number of fused-ring (bicyclic) bond motifs is 1. The van der Waals surface area contributed by atoms with Crippen LogP contribution in [0.1, 0.15) is 26.4 Å². The Hall–Kier alpha value is -4.40. The molecule has 0 aliphatic rings. The first-order valence-electron chi connectivity index (χ1n) is 10.4. The predicted molar refractivity (Wildman–Crippen MR) is 127 cm³/mol. The van der Waals surface area contributed by atoms with Gasteiger partial charge in [-0.15, -0.1) is 0 Å². The van der Waals surface area contributed by atoms with Crippen LogP contribution in [0.15, 0.2) is 60.8 Å². The van der Waals surface area contributed by atoms with E-state index in [4.69, 9.17) is 9.47 Å². The van der Waals surface area contributed by atoms with Crippen molar-refractivity contribution in [1.29, 1.82) is 0 Å². The Morgan fingerprint density at radius 3 is 2.41 bits per heavy atom. The number of benzene rings is 2. The van der Waals surface area contributed by atoms with Crippen LogP contribution in [0, 0.1) is 5.82 Å². The average molecular weight is 462 g/mol. The molecule has 1 amide bonds. The lowest BCUT2D eigenvalue weighted by Crippen LogP contribution is -2.16. The third-order valence-corrected chi connectivity index (χ3v) is 5.41. The van der Waals surface area contributed by atoms with Crippen molar-refractivity contribution in [3.8, 4) is 5.75 Å². The van der Waals surface area contributed by atoms with Crippen molar-refractivity contribution in [1.82, 2.24) is 9.55 Å². The number of halogens is 1. The van der Waals surface area contributed by atoms with E-state index in [1.54, 1.807) is 67.4 Å². The first-order chi connectivity index (χ1) is 16.4. The molecular weight excluding hydrogens is 439 g/mol. The number of aromatic nitrogens is 2. The first kappa shape index (κ1) is 22.8. The molecule has 2 aromatic heterocycles. The van der Waals surface area contributed by atoms with Crippen LogP contribution >= 0.6 is 0 Å². The quantitative estimate of drug-likeness (QED) is 0.396. The normalized spacial score (nSPS) is 10.7. The molecule has 4 rings (SSSR count). The second-order valence-electron chi connectivity index (χ2n) is 7.53. The van der Waals surface area contributed by atoms with Crippen molar-refractivity contribution in [2.45, 2.75) is 6.54 Å². The molecule has 0 aliphatic heterocycles. The van der Waals surface area contributed by atoms with Gasteiger partial charge < -0.3 is 24.7 Å². The monoisotopic (exact) mass is 462 g/mol. The summed E-state index contributed by atoms with van der Waals surface area (Å²) in [5.41, 5.74) is 2.91. The van der Waals surface area contributed by atoms with Gasteiger partial charge in [0.05, 0.1) is 31.8 Å². The van der Waals surface area contributed by atoms with Gasteiger partial charge in [-0.1, -0.05) is 12.1 Å². The van der Waals surface area contributed by atoms with Gasteiger partial charge in [0, 0.05) is 24.5 Å². The van der Waals surface area contributed by atoms with E-state index in [9.17, 15) is 14.0 Å². The van der Waals surface area contributed by atoms with Crippen molar-refractivity contribution < 1.29 is 23.5 Å². The number of esters is 1. The minimum absolute atomic E-state index is 0.169. The summed E-state index contributed by atoms with van der Waals surface area (Å²) >= 11 is 0. The first-order valence-corrected chi connectivity index (χ1v) is 10.4. The summed E-state index contributed by atoms with van der Waals surface area (Å²) in [6, 6.07) is 14.6. The summed E-state index contributed by atoms with van der Waals surface area (Å²) in [5, 5.41) is 6.64. The second-order valence-corrected chi connectivity index (χ2v) is 7.53. The van der Waals surface area contributed by atoms with E-state index in [2.05, 4.69) is 15.6 Å². The number of ether oxygens (including phenoxy) is 2. The molecule has 0 radical (unpaired) electrons. The number of nitrogens with one attached hydrogen (secondary N) is 2. The Morgan fingerprint density at radius 2 is 1.76 bits per heavy atom. The fourth-order valence-electron chi connectivity index (χ4n) is 3.60. The molecule has 9 heteroatoms. The zero-order valence-corrected chi connectivity index (χ0v) is 18.9. The molecule has 4 aromatic rings. The minimum Gasteiger partial charge on any atom is -0.497 e. The van der Waals surface area contributed by atoms with Gasteiger partial charge in [0.1, 0.15) is 17.2 Å². The van der Waals surface area contributed by atoms with E-state index in [0.717, 1.165) is 5.56 Å². The molecule has 0 fully saturated rings. The number of methoxy groups -OCH3 is 2. The topological polar surface area (TPSA) is 94.5 Å². The molecule has 174 valence electrons. The molecule has 2 heterocycles. The Bertz CT molecular complexity index is 1350. The van der Waals surface area contributed by atoms with E-state index >= 15 is 0 Å². The highest BCUT2D eigenvalue weighted by atomic mass is 19.1. The van der Waals surface area contributed by atoms with Gasteiger partial charge in [-0.3, -0.25) is 4.79 Å². The maximum absolute atomic E-state index is 13.2. The molecule has 2 N–H and O–H groups in total. The van der Waals surface area contributed by atoms with Crippen molar-refractivity contribution >= 4 is 34.3 Å². The number of anilines is 2. The third kappa shape index (κ3) is 4.54. The van der Waals surface area contributed by atoms with Gasteiger partial charge in [-0.2, -0.15) is 0 Å². The lowest BCUT2D eigenvalue weighted by Gasteiger charge is -2.09. The highest BCUT2D eigenvalue weighted by molar-refractivity contribution is 6.14. The molecule has 34 heavy (non-hydrogen) atoms. The number of carbonyl (C=O) groups excluding carboxylic acids is 2. The lowest BCUT2D eigenvalue weighted by molar-refractivity contribution is 0.0591. The maximum Gasteiger partial charge on any atom is 0.356 e. The SMILES string of the molecule is COC(=O)c1c(NC(=O)c2ccc(OC)cc2)c2cc(NCc3ccc(F)cc3)cnc2n1C.